The van der Waals surface area contributed by atoms with Crippen LogP contribution in [0, 0.1) is 6.92 Å². The summed E-state index contributed by atoms with van der Waals surface area (Å²) in [6.45, 7) is 7.61. The molecule has 8 nitrogen and oxygen atoms in total. The standard InChI is InChI=1S/C37H42N4O4/c1-3-4-15-34-39-35-26(2)16-21-33(44-23-10-9-22-40-25-38-30-12-6-7-13-31(30)40)36(35)41(34)24-27-17-19-28(20-18-27)29-11-5-8-14-32(29)45-37(42)43/h5-8,11-14,16-21,30-31,38H,3-4,9-10,15,22-25H2,1-2H3,(H,42,43). The van der Waals surface area contributed by atoms with Gasteiger partial charge < -0.3 is 19.1 Å². The minimum absolute atomic E-state index is 0.321. The van der Waals surface area contributed by atoms with Gasteiger partial charge in [0.15, 0.2) is 0 Å². The molecule has 0 spiro atoms. The molecule has 45 heavy (non-hydrogen) atoms. The number of nitrogens with zero attached hydrogens (tertiary/aromatic N) is 3. The molecule has 1 aliphatic heterocycles. The van der Waals surface area contributed by atoms with E-state index in [1.54, 1.807) is 12.1 Å². The molecule has 3 aromatic carbocycles. The monoisotopic (exact) mass is 606 g/mol. The van der Waals surface area contributed by atoms with Gasteiger partial charge in [0.25, 0.3) is 0 Å². The lowest BCUT2D eigenvalue weighted by Crippen LogP contribution is -2.35. The molecular weight excluding hydrogens is 564 g/mol. The number of aromatic nitrogens is 2. The molecule has 0 radical (unpaired) electrons. The molecule has 0 amide bonds. The van der Waals surface area contributed by atoms with Gasteiger partial charge in [-0.25, -0.2) is 9.78 Å². The topological polar surface area (TPSA) is 88.9 Å². The van der Waals surface area contributed by atoms with Gasteiger partial charge in [0.1, 0.15) is 22.8 Å². The van der Waals surface area contributed by atoms with Crippen LogP contribution < -0.4 is 14.8 Å². The molecule has 1 aliphatic carbocycles. The quantitative estimate of drug-likeness (QED) is 0.0935. The van der Waals surface area contributed by atoms with E-state index in [-0.39, 0.29) is 0 Å². The lowest BCUT2D eigenvalue weighted by atomic mass is 10.0. The van der Waals surface area contributed by atoms with Crippen LogP contribution >= 0.6 is 0 Å². The fourth-order valence-electron chi connectivity index (χ4n) is 6.34. The molecule has 0 saturated carbocycles. The highest BCUT2D eigenvalue weighted by Gasteiger charge is 2.30. The Morgan fingerprint density at radius 3 is 2.64 bits per heavy atom. The first-order valence-corrected chi connectivity index (χ1v) is 16.0. The second-order valence-electron chi connectivity index (χ2n) is 11.9. The van der Waals surface area contributed by atoms with Gasteiger partial charge in [0, 0.05) is 43.8 Å². The molecule has 1 aromatic heterocycles. The molecule has 1 fully saturated rings. The van der Waals surface area contributed by atoms with Gasteiger partial charge in [0.2, 0.25) is 0 Å². The van der Waals surface area contributed by atoms with Crippen molar-refractivity contribution < 1.29 is 19.4 Å². The summed E-state index contributed by atoms with van der Waals surface area (Å²) in [5.41, 5.74) is 5.96. The maximum absolute atomic E-state index is 11.2. The molecule has 2 atom stereocenters. The molecule has 6 rings (SSSR count). The van der Waals surface area contributed by atoms with Crippen LogP contribution in [-0.4, -0.2) is 57.6 Å². The Labute approximate surface area is 265 Å². The fourth-order valence-corrected chi connectivity index (χ4v) is 6.34. The van der Waals surface area contributed by atoms with Crippen molar-refractivity contribution in [3.05, 3.63) is 102 Å². The lowest BCUT2D eigenvalue weighted by molar-refractivity contribution is 0.144. The Morgan fingerprint density at radius 1 is 1.00 bits per heavy atom. The number of carbonyl (C=O) groups is 1. The molecule has 2 aliphatic rings. The maximum atomic E-state index is 11.2. The number of aryl methyl sites for hydroxylation is 2. The number of unbranched alkanes of at least 4 members (excludes halogenated alkanes) is 2. The van der Waals surface area contributed by atoms with Crippen LogP contribution in [0.3, 0.4) is 0 Å². The molecule has 2 heterocycles. The number of nitrogens with one attached hydrogen (secondary N) is 1. The third-order valence-electron chi connectivity index (χ3n) is 8.74. The molecule has 4 aromatic rings. The van der Waals surface area contributed by atoms with Gasteiger partial charge in [-0.3, -0.25) is 10.2 Å². The van der Waals surface area contributed by atoms with Gasteiger partial charge >= 0.3 is 6.16 Å². The molecule has 2 N–H and O–H groups in total. The number of para-hydroxylation sites is 1. The van der Waals surface area contributed by atoms with Crippen molar-refractivity contribution in [3.8, 4) is 22.6 Å². The van der Waals surface area contributed by atoms with E-state index in [1.165, 1.54) is 0 Å². The predicted molar refractivity (Wildman–Crippen MR) is 178 cm³/mol. The van der Waals surface area contributed by atoms with Gasteiger partial charge in [-0.1, -0.05) is 86.2 Å². The van der Waals surface area contributed by atoms with Gasteiger partial charge in [-0.05, 0) is 55.0 Å². The van der Waals surface area contributed by atoms with E-state index < -0.39 is 6.16 Å². The Morgan fingerprint density at radius 2 is 1.82 bits per heavy atom. The van der Waals surface area contributed by atoms with Gasteiger partial charge in [-0.2, -0.15) is 0 Å². The summed E-state index contributed by atoms with van der Waals surface area (Å²) in [6, 6.07) is 20.5. The normalized spacial score (nSPS) is 17.6. The van der Waals surface area contributed by atoms with Crippen molar-refractivity contribution in [1.29, 1.82) is 0 Å². The van der Waals surface area contributed by atoms with Crippen LogP contribution in [0.1, 0.15) is 49.6 Å². The van der Waals surface area contributed by atoms with E-state index >= 15 is 0 Å². The SMILES string of the molecule is CCCCc1nc2c(C)ccc(OCCCCN3CNC4C=CC=CC43)c2n1Cc1ccc(-c2ccccc2OC(=O)O)cc1. The zero-order valence-corrected chi connectivity index (χ0v) is 26.1. The van der Waals surface area contributed by atoms with E-state index in [4.69, 9.17) is 19.6 Å². The Bertz CT molecular complexity index is 1690. The van der Waals surface area contributed by atoms with Crippen LogP contribution in [0.5, 0.6) is 11.5 Å². The third kappa shape index (κ3) is 6.97. The molecule has 8 heteroatoms. The predicted octanol–water partition coefficient (Wildman–Crippen LogP) is 7.34. The van der Waals surface area contributed by atoms with Crippen molar-refractivity contribution >= 4 is 17.2 Å². The zero-order valence-electron chi connectivity index (χ0n) is 26.1. The Kier molecular flexibility index (Phi) is 9.62. The highest BCUT2D eigenvalue weighted by molar-refractivity contribution is 5.86. The number of carboxylic acid groups (broad SMARTS) is 1. The van der Waals surface area contributed by atoms with Crippen molar-refractivity contribution in [3.63, 3.8) is 0 Å². The van der Waals surface area contributed by atoms with E-state index in [2.05, 4.69) is 77.2 Å². The van der Waals surface area contributed by atoms with Crippen molar-refractivity contribution in [2.24, 2.45) is 0 Å². The number of fused-ring (bicyclic) bond motifs is 2. The zero-order chi connectivity index (χ0) is 31.2. The summed E-state index contributed by atoms with van der Waals surface area (Å²) in [5, 5.41) is 12.7. The van der Waals surface area contributed by atoms with Crippen LogP contribution in [-0.2, 0) is 13.0 Å². The number of imidazole rings is 1. The summed E-state index contributed by atoms with van der Waals surface area (Å²) < 4.78 is 13.8. The smallest absolute Gasteiger partial charge is 0.491 e. The van der Waals surface area contributed by atoms with E-state index in [0.29, 0.717) is 31.0 Å². The van der Waals surface area contributed by atoms with E-state index in [9.17, 15) is 4.79 Å². The average Bonchev–Trinajstić information content (AvgIpc) is 3.63. The fraction of sp³-hybridized carbons (Fsp3) is 0.351. The first kappa shape index (κ1) is 30.6. The average molecular weight is 607 g/mol. The number of hydrogen-bond donors (Lipinski definition) is 2. The van der Waals surface area contributed by atoms with Crippen LogP contribution in [0.25, 0.3) is 22.2 Å². The van der Waals surface area contributed by atoms with Crippen molar-refractivity contribution in [2.45, 2.75) is 64.6 Å². The summed E-state index contributed by atoms with van der Waals surface area (Å²) in [6.07, 6.45) is 12.6. The lowest BCUT2D eigenvalue weighted by Gasteiger charge is -2.24. The van der Waals surface area contributed by atoms with Crippen LogP contribution in [0.2, 0.25) is 0 Å². The van der Waals surface area contributed by atoms with E-state index in [1.807, 2.05) is 24.3 Å². The Balaban J connectivity index is 1.19. The van der Waals surface area contributed by atoms with Crippen LogP contribution in [0.15, 0.2) is 85.0 Å². The molecule has 0 bridgehead atoms. The second kappa shape index (κ2) is 14.1. The molecule has 2 unspecified atom stereocenters. The van der Waals surface area contributed by atoms with E-state index in [0.717, 1.165) is 90.2 Å². The summed E-state index contributed by atoms with van der Waals surface area (Å²) in [4.78, 5) is 18.8. The molecule has 234 valence electrons. The number of ether oxygens (including phenoxy) is 2. The summed E-state index contributed by atoms with van der Waals surface area (Å²) >= 11 is 0. The Hall–Kier alpha value is -4.40. The minimum Gasteiger partial charge on any atom is -0.491 e. The second-order valence-corrected chi connectivity index (χ2v) is 11.9. The number of hydrogen-bond acceptors (Lipinski definition) is 6. The van der Waals surface area contributed by atoms with Gasteiger partial charge in [0.05, 0.1) is 12.1 Å². The first-order chi connectivity index (χ1) is 22.0. The summed E-state index contributed by atoms with van der Waals surface area (Å²) in [7, 11) is 0. The summed E-state index contributed by atoms with van der Waals surface area (Å²) in [5.74, 6) is 2.27. The maximum Gasteiger partial charge on any atom is 0.511 e. The highest BCUT2D eigenvalue weighted by atomic mass is 16.7. The van der Waals surface area contributed by atoms with Crippen molar-refractivity contribution in [2.75, 3.05) is 19.8 Å². The highest BCUT2D eigenvalue weighted by Crippen LogP contribution is 2.33. The largest absolute Gasteiger partial charge is 0.511 e. The minimum atomic E-state index is -1.32. The number of allylic oxidation sites excluding steroid dienone is 2. The first-order valence-electron chi connectivity index (χ1n) is 16.0. The third-order valence-corrected chi connectivity index (χ3v) is 8.74. The number of rotatable bonds is 13. The molecular formula is C37H42N4O4. The number of benzene rings is 3. The van der Waals surface area contributed by atoms with Crippen LogP contribution in [0.4, 0.5) is 4.79 Å². The van der Waals surface area contributed by atoms with Gasteiger partial charge in [-0.15, -0.1) is 0 Å². The van der Waals surface area contributed by atoms with Crippen molar-refractivity contribution in [1.82, 2.24) is 19.8 Å². The molecule has 1 saturated heterocycles.